The normalized spacial score (nSPS) is 12.3. The van der Waals surface area contributed by atoms with Crippen LogP contribution in [0.2, 0.25) is 0 Å². The number of hydrogen-bond acceptors (Lipinski definition) is 6. The molecule has 3 rings (SSSR count). The van der Waals surface area contributed by atoms with Gasteiger partial charge in [0.1, 0.15) is 11.4 Å². The summed E-state index contributed by atoms with van der Waals surface area (Å²) in [6.45, 7) is 4.71. The smallest absolute Gasteiger partial charge is 0.284 e. The number of aliphatic hydroxyl groups is 1. The molecule has 8 nitrogen and oxygen atoms in total. The Morgan fingerprint density at radius 2 is 2.00 bits per heavy atom. The van der Waals surface area contributed by atoms with Gasteiger partial charge in [-0.25, -0.2) is 9.37 Å². The number of halogens is 1. The van der Waals surface area contributed by atoms with Crippen LogP contribution in [0.4, 0.5) is 4.39 Å². The van der Waals surface area contributed by atoms with Crippen LogP contribution in [0, 0.1) is 5.82 Å². The van der Waals surface area contributed by atoms with Crippen LogP contribution < -0.4 is 15.6 Å². The molecule has 31 heavy (non-hydrogen) atoms. The lowest BCUT2D eigenvalue weighted by atomic mass is 10.0. The highest BCUT2D eigenvalue weighted by Crippen LogP contribution is 2.20. The fourth-order valence-corrected chi connectivity index (χ4v) is 2.68. The molecule has 1 atom stereocenters. The predicted molar refractivity (Wildman–Crippen MR) is 113 cm³/mol. The zero-order valence-electron chi connectivity index (χ0n) is 17.6. The number of rotatable bonds is 6. The molecule has 0 aliphatic carbocycles. The standard InChI is InChI=1S/C22H23FN4O4/c1-13(22(2,3)30)25-20(28)17-11-18(14-8-9-19(31-4)24-12-14)26-27(21(17)29)16-7-5-6-15(23)10-16/h5-13,30H,1-4H3,(H,25,28)/t13-/m1/s1. The zero-order chi connectivity index (χ0) is 22.8. The number of nitrogens with one attached hydrogen (secondary N) is 1. The van der Waals surface area contributed by atoms with E-state index in [1.54, 1.807) is 32.9 Å². The molecule has 0 spiro atoms. The lowest BCUT2D eigenvalue weighted by molar-refractivity contribution is 0.0408. The molecule has 162 valence electrons. The van der Waals surface area contributed by atoms with Gasteiger partial charge in [0.15, 0.2) is 0 Å². The topological polar surface area (TPSA) is 106 Å². The van der Waals surface area contributed by atoms with E-state index in [-0.39, 0.29) is 16.9 Å². The second-order valence-corrected chi connectivity index (χ2v) is 7.58. The number of carbonyl (C=O) groups excluding carboxylic acids is 1. The molecule has 0 saturated heterocycles. The van der Waals surface area contributed by atoms with Crippen molar-refractivity contribution in [1.29, 1.82) is 0 Å². The first-order valence-corrected chi connectivity index (χ1v) is 9.54. The average Bonchev–Trinajstić information content (AvgIpc) is 2.73. The highest BCUT2D eigenvalue weighted by Gasteiger charge is 2.26. The van der Waals surface area contributed by atoms with E-state index in [4.69, 9.17) is 4.74 Å². The van der Waals surface area contributed by atoms with E-state index in [0.29, 0.717) is 11.4 Å². The van der Waals surface area contributed by atoms with Gasteiger partial charge in [0.25, 0.3) is 11.5 Å². The van der Waals surface area contributed by atoms with Crippen molar-refractivity contribution in [2.24, 2.45) is 0 Å². The van der Waals surface area contributed by atoms with E-state index < -0.39 is 28.9 Å². The maximum absolute atomic E-state index is 13.8. The van der Waals surface area contributed by atoms with Crippen LogP contribution in [0.15, 0.2) is 53.5 Å². The molecule has 3 aromatic rings. The van der Waals surface area contributed by atoms with Gasteiger partial charge in [0, 0.05) is 17.8 Å². The molecule has 0 radical (unpaired) electrons. The number of methoxy groups -OCH3 is 1. The van der Waals surface area contributed by atoms with Crippen LogP contribution in [-0.4, -0.2) is 44.5 Å². The number of aromatic nitrogens is 3. The third-order valence-corrected chi connectivity index (χ3v) is 4.86. The van der Waals surface area contributed by atoms with Gasteiger partial charge in [0.05, 0.1) is 30.1 Å². The van der Waals surface area contributed by atoms with Gasteiger partial charge in [-0.15, -0.1) is 0 Å². The molecule has 9 heteroatoms. The van der Waals surface area contributed by atoms with Crippen molar-refractivity contribution in [3.05, 3.63) is 70.4 Å². The minimum absolute atomic E-state index is 0.165. The Kier molecular flexibility index (Phi) is 6.16. The summed E-state index contributed by atoms with van der Waals surface area (Å²) >= 11 is 0. The Balaban J connectivity index is 2.16. The van der Waals surface area contributed by atoms with E-state index in [9.17, 15) is 19.1 Å². The van der Waals surface area contributed by atoms with E-state index in [1.165, 1.54) is 37.6 Å². The summed E-state index contributed by atoms with van der Waals surface area (Å²) < 4.78 is 19.8. The molecule has 1 aromatic carbocycles. The molecule has 0 fully saturated rings. The number of hydrogen-bond donors (Lipinski definition) is 2. The molecule has 0 saturated carbocycles. The largest absolute Gasteiger partial charge is 0.481 e. The van der Waals surface area contributed by atoms with Gasteiger partial charge in [-0.3, -0.25) is 9.59 Å². The van der Waals surface area contributed by atoms with Crippen molar-refractivity contribution in [1.82, 2.24) is 20.1 Å². The lowest BCUT2D eigenvalue weighted by Gasteiger charge is -2.26. The highest BCUT2D eigenvalue weighted by molar-refractivity contribution is 5.95. The van der Waals surface area contributed by atoms with Gasteiger partial charge < -0.3 is 15.2 Å². The van der Waals surface area contributed by atoms with Gasteiger partial charge in [-0.05, 0) is 51.1 Å². The predicted octanol–water partition coefficient (Wildman–Crippen LogP) is 2.33. The summed E-state index contributed by atoms with van der Waals surface area (Å²) in [4.78, 5) is 30.1. The summed E-state index contributed by atoms with van der Waals surface area (Å²) in [6.07, 6.45) is 1.49. The Morgan fingerprint density at radius 3 is 2.58 bits per heavy atom. The van der Waals surface area contributed by atoms with E-state index in [2.05, 4.69) is 15.4 Å². The molecular weight excluding hydrogens is 403 g/mol. The van der Waals surface area contributed by atoms with E-state index >= 15 is 0 Å². The SMILES string of the molecule is COc1ccc(-c2cc(C(=O)N[C@H](C)C(C)(C)O)c(=O)n(-c3cccc(F)c3)n2)cn1. The summed E-state index contributed by atoms with van der Waals surface area (Å²) in [6, 6.07) is 9.33. The first-order valence-electron chi connectivity index (χ1n) is 9.54. The number of ether oxygens (including phenoxy) is 1. The van der Waals surface area contributed by atoms with Gasteiger partial charge in [0.2, 0.25) is 5.88 Å². The average molecular weight is 426 g/mol. The van der Waals surface area contributed by atoms with Crippen molar-refractivity contribution in [3.63, 3.8) is 0 Å². The second-order valence-electron chi connectivity index (χ2n) is 7.58. The first kappa shape index (κ1) is 22.1. The van der Waals surface area contributed by atoms with Gasteiger partial charge >= 0.3 is 0 Å². The molecule has 2 aromatic heterocycles. The monoisotopic (exact) mass is 426 g/mol. The molecular formula is C22H23FN4O4. The summed E-state index contributed by atoms with van der Waals surface area (Å²) in [5, 5.41) is 17.1. The Morgan fingerprint density at radius 1 is 1.26 bits per heavy atom. The van der Waals surface area contributed by atoms with Crippen LogP contribution in [0.25, 0.3) is 16.9 Å². The maximum Gasteiger partial charge on any atom is 0.284 e. The molecule has 0 bridgehead atoms. The fourth-order valence-electron chi connectivity index (χ4n) is 2.68. The molecule has 1 amide bonds. The van der Waals surface area contributed by atoms with Crippen LogP contribution in [0.3, 0.4) is 0 Å². The number of pyridine rings is 1. The molecule has 0 aliphatic heterocycles. The Bertz CT molecular complexity index is 1150. The van der Waals surface area contributed by atoms with E-state index in [0.717, 1.165) is 10.7 Å². The van der Waals surface area contributed by atoms with Crippen LogP contribution in [0.1, 0.15) is 31.1 Å². The van der Waals surface area contributed by atoms with Crippen LogP contribution >= 0.6 is 0 Å². The first-order chi connectivity index (χ1) is 14.6. The second kappa shape index (κ2) is 8.65. The molecule has 0 aliphatic rings. The third kappa shape index (κ3) is 4.95. The van der Waals surface area contributed by atoms with E-state index in [1.807, 2.05) is 0 Å². The molecule has 2 heterocycles. The Hall–Kier alpha value is -3.59. The molecule has 0 unspecified atom stereocenters. The quantitative estimate of drug-likeness (QED) is 0.627. The summed E-state index contributed by atoms with van der Waals surface area (Å²) in [5.74, 6) is -0.849. The van der Waals surface area contributed by atoms with Crippen LogP contribution in [-0.2, 0) is 0 Å². The van der Waals surface area contributed by atoms with Crippen molar-refractivity contribution in [2.75, 3.05) is 7.11 Å². The lowest BCUT2D eigenvalue weighted by Crippen LogP contribution is -2.48. The number of amides is 1. The Labute approximate surface area is 178 Å². The maximum atomic E-state index is 13.8. The number of benzene rings is 1. The zero-order valence-corrected chi connectivity index (χ0v) is 17.6. The van der Waals surface area contributed by atoms with Crippen LogP contribution in [0.5, 0.6) is 5.88 Å². The van der Waals surface area contributed by atoms with Crippen molar-refractivity contribution >= 4 is 5.91 Å². The van der Waals surface area contributed by atoms with Crippen molar-refractivity contribution in [2.45, 2.75) is 32.4 Å². The summed E-state index contributed by atoms with van der Waals surface area (Å²) in [5.41, 5.74) is -1.17. The van der Waals surface area contributed by atoms with Crippen molar-refractivity contribution < 1.29 is 19.0 Å². The summed E-state index contributed by atoms with van der Waals surface area (Å²) in [7, 11) is 1.48. The van der Waals surface area contributed by atoms with Crippen molar-refractivity contribution in [3.8, 4) is 22.8 Å². The third-order valence-electron chi connectivity index (χ3n) is 4.86. The highest BCUT2D eigenvalue weighted by atomic mass is 19.1. The minimum Gasteiger partial charge on any atom is -0.481 e. The fraction of sp³-hybridized carbons (Fsp3) is 0.273. The number of carbonyl (C=O) groups is 1. The number of nitrogens with zero attached hydrogens (tertiary/aromatic N) is 3. The van der Waals surface area contributed by atoms with Gasteiger partial charge in [-0.1, -0.05) is 6.07 Å². The minimum atomic E-state index is -1.20. The van der Waals surface area contributed by atoms with Gasteiger partial charge in [-0.2, -0.15) is 9.78 Å². The molecule has 2 N–H and O–H groups in total.